The van der Waals surface area contributed by atoms with Crippen molar-refractivity contribution >= 4 is 11.6 Å². The molecule has 2 aliphatic rings. The highest BCUT2D eigenvalue weighted by Crippen LogP contribution is 2.38. The quantitative estimate of drug-likeness (QED) is 0.770. The Morgan fingerprint density at radius 3 is 2.68 bits per heavy atom. The van der Waals surface area contributed by atoms with Crippen LogP contribution in [0.4, 0.5) is 0 Å². The molecule has 4 nitrogen and oxygen atoms in total. The SMILES string of the molecule is N#CC(C(=O)C1CC1)C(=O)C1COc2ccccc21. The lowest BCUT2D eigenvalue weighted by atomic mass is 9.86. The highest BCUT2D eigenvalue weighted by atomic mass is 16.5. The van der Waals surface area contributed by atoms with Crippen LogP contribution in [0, 0.1) is 23.2 Å². The van der Waals surface area contributed by atoms with E-state index in [-0.39, 0.29) is 24.1 Å². The number of carbonyl (C=O) groups excluding carboxylic acids is 2. The Morgan fingerprint density at radius 2 is 2.00 bits per heavy atom. The van der Waals surface area contributed by atoms with E-state index in [1.165, 1.54) is 0 Å². The largest absolute Gasteiger partial charge is 0.492 e. The molecule has 0 saturated heterocycles. The number of rotatable bonds is 4. The van der Waals surface area contributed by atoms with E-state index in [9.17, 15) is 9.59 Å². The molecule has 1 aromatic rings. The molecule has 2 unspecified atom stereocenters. The predicted molar refractivity (Wildman–Crippen MR) is 66.5 cm³/mol. The molecule has 1 aromatic carbocycles. The summed E-state index contributed by atoms with van der Waals surface area (Å²) in [4.78, 5) is 24.4. The number of para-hydroxylation sites is 1. The highest BCUT2D eigenvalue weighted by Gasteiger charge is 2.42. The Bertz CT molecular complexity index is 583. The number of fused-ring (bicyclic) bond motifs is 1. The molecular weight excluding hydrogens is 242 g/mol. The third-order valence-corrected chi connectivity index (χ3v) is 3.72. The van der Waals surface area contributed by atoms with Crippen molar-refractivity contribution in [2.45, 2.75) is 18.8 Å². The van der Waals surface area contributed by atoms with E-state index < -0.39 is 11.8 Å². The zero-order chi connectivity index (χ0) is 13.4. The zero-order valence-corrected chi connectivity index (χ0v) is 10.3. The van der Waals surface area contributed by atoms with Crippen molar-refractivity contribution in [2.75, 3.05) is 6.61 Å². The van der Waals surface area contributed by atoms with Crippen LogP contribution in [-0.2, 0) is 9.59 Å². The van der Waals surface area contributed by atoms with Crippen LogP contribution in [0.1, 0.15) is 24.3 Å². The van der Waals surface area contributed by atoms with Crippen LogP contribution in [0.3, 0.4) is 0 Å². The monoisotopic (exact) mass is 255 g/mol. The van der Waals surface area contributed by atoms with Crippen molar-refractivity contribution in [3.8, 4) is 11.8 Å². The van der Waals surface area contributed by atoms with Gasteiger partial charge in [-0.2, -0.15) is 5.26 Å². The molecule has 1 aliphatic heterocycles. The van der Waals surface area contributed by atoms with Gasteiger partial charge in [0.25, 0.3) is 0 Å². The summed E-state index contributed by atoms with van der Waals surface area (Å²) < 4.78 is 5.44. The van der Waals surface area contributed by atoms with E-state index in [4.69, 9.17) is 10.00 Å². The molecule has 0 N–H and O–H groups in total. The first-order chi connectivity index (χ1) is 9.22. The van der Waals surface area contributed by atoms with Crippen molar-refractivity contribution in [1.82, 2.24) is 0 Å². The second-order valence-corrected chi connectivity index (χ2v) is 5.04. The zero-order valence-electron chi connectivity index (χ0n) is 10.3. The number of nitrogens with zero attached hydrogens (tertiary/aromatic N) is 1. The van der Waals surface area contributed by atoms with Gasteiger partial charge < -0.3 is 4.74 Å². The van der Waals surface area contributed by atoms with Gasteiger partial charge in [-0.3, -0.25) is 9.59 Å². The van der Waals surface area contributed by atoms with Crippen LogP contribution in [0.15, 0.2) is 24.3 Å². The number of hydrogen-bond donors (Lipinski definition) is 0. The summed E-state index contributed by atoms with van der Waals surface area (Å²) in [6, 6.07) is 9.16. The summed E-state index contributed by atoms with van der Waals surface area (Å²) in [5.74, 6) is -1.54. The Hall–Kier alpha value is -2.15. The second-order valence-electron chi connectivity index (χ2n) is 5.04. The number of nitriles is 1. The molecule has 0 amide bonds. The minimum absolute atomic E-state index is 0.0776. The van der Waals surface area contributed by atoms with E-state index >= 15 is 0 Å². The van der Waals surface area contributed by atoms with Gasteiger partial charge in [0.05, 0.1) is 12.0 Å². The van der Waals surface area contributed by atoms with E-state index in [1.807, 2.05) is 24.3 Å². The van der Waals surface area contributed by atoms with Gasteiger partial charge in [0.2, 0.25) is 0 Å². The molecule has 1 fully saturated rings. The van der Waals surface area contributed by atoms with Gasteiger partial charge in [-0.25, -0.2) is 0 Å². The number of hydrogen-bond acceptors (Lipinski definition) is 4. The molecule has 1 saturated carbocycles. The van der Waals surface area contributed by atoms with Crippen molar-refractivity contribution in [2.24, 2.45) is 11.8 Å². The number of ketones is 2. The second kappa shape index (κ2) is 4.51. The number of Topliss-reactive ketones (excluding diaryl/α,β-unsaturated/α-hetero) is 2. The van der Waals surface area contributed by atoms with Crippen molar-refractivity contribution in [3.05, 3.63) is 29.8 Å². The maximum absolute atomic E-state index is 12.4. The van der Waals surface area contributed by atoms with Crippen LogP contribution in [0.5, 0.6) is 5.75 Å². The Labute approximate surface area is 111 Å². The summed E-state index contributed by atoms with van der Waals surface area (Å²) in [6.07, 6.45) is 1.62. The van der Waals surface area contributed by atoms with Crippen molar-refractivity contribution < 1.29 is 14.3 Å². The molecule has 4 heteroatoms. The summed E-state index contributed by atoms with van der Waals surface area (Å²) in [6.45, 7) is 0.230. The van der Waals surface area contributed by atoms with Crippen molar-refractivity contribution in [1.29, 1.82) is 5.26 Å². The Balaban J connectivity index is 1.84. The maximum Gasteiger partial charge on any atom is 0.168 e. The van der Waals surface area contributed by atoms with Gasteiger partial charge in [-0.15, -0.1) is 0 Å². The fraction of sp³-hybridized carbons (Fsp3) is 0.400. The third kappa shape index (κ3) is 2.01. The van der Waals surface area contributed by atoms with Crippen LogP contribution >= 0.6 is 0 Å². The normalized spacial score (nSPS) is 21.9. The van der Waals surface area contributed by atoms with Gasteiger partial charge in [-0.05, 0) is 18.9 Å². The Morgan fingerprint density at radius 1 is 1.26 bits per heavy atom. The van der Waals surface area contributed by atoms with Crippen LogP contribution < -0.4 is 4.74 Å². The van der Waals surface area contributed by atoms with Gasteiger partial charge in [-0.1, -0.05) is 18.2 Å². The molecule has 0 spiro atoms. The van der Waals surface area contributed by atoms with Gasteiger partial charge >= 0.3 is 0 Å². The smallest absolute Gasteiger partial charge is 0.168 e. The molecule has 1 heterocycles. The minimum atomic E-state index is -1.13. The average molecular weight is 255 g/mol. The first kappa shape index (κ1) is 11.9. The number of benzene rings is 1. The summed E-state index contributed by atoms with van der Waals surface area (Å²) in [5.41, 5.74) is 0.788. The lowest BCUT2D eigenvalue weighted by Crippen LogP contribution is -2.29. The van der Waals surface area contributed by atoms with Crippen LogP contribution in [-0.4, -0.2) is 18.2 Å². The average Bonchev–Trinajstić information content (AvgIpc) is 3.19. The molecule has 0 radical (unpaired) electrons. The molecule has 2 atom stereocenters. The van der Waals surface area contributed by atoms with Crippen LogP contribution in [0.2, 0.25) is 0 Å². The molecule has 1 aliphatic carbocycles. The van der Waals surface area contributed by atoms with Gasteiger partial charge in [0.1, 0.15) is 12.4 Å². The Kier molecular flexibility index (Phi) is 2.83. The summed E-state index contributed by atoms with van der Waals surface area (Å²) in [5, 5.41) is 9.12. The molecule has 19 heavy (non-hydrogen) atoms. The van der Waals surface area contributed by atoms with E-state index in [0.717, 1.165) is 18.4 Å². The fourth-order valence-corrected chi connectivity index (χ4v) is 2.47. The molecule has 0 bridgehead atoms. The number of ether oxygens (including phenoxy) is 1. The van der Waals surface area contributed by atoms with Gasteiger partial charge in [0.15, 0.2) is 17.5 Å². The fourth-order valence-electron chi connectivity index (χ4n) is 2.47. The first-order valence-electron chi connectivity index (χ1n) is 6.41. The van der Waals surface area contributed by atoms with Gasteiger partial charge in [0, 0.05) is 11.5 Å². The van der Waals surface area contributed by atoms with E-state index in [2.05, 4.69) is 0 Å². The van der Waals surface area contributed by atoms with E-state index in [1.54, 1.807) is 6.07 Å². The number of carbonyl (C=O) groups is 2. The first-order valence-corrected chi connectivity index (χ1v) is 6.41. The van der Waals surface area contributed by atoms with Crippen molar-refractivity contribution in [3.63, 3.8) is 0 Å². The topological polar surface area (TPSA) is 67.2 Å². The summed E-state index contributed by atoms with van der Waals surface area (Å²) in [7, 11) is 0. The summed E-state index contributed by atoms with van der Waals surface area (Å²) >= 11 is 0. The maximum atomic E-state index is 12.4. The molecular formula is C15H13NO3. The highest BCUT2D eigenvalue weighted by molar-refractivity contribution is 6.09. The predicted octanol–water partition coefficient (Wildman–Crippen LogP) is 1.85. The lowest BCUT2D eigenvalue weighted by Gasteiger charge is -2.11. The van der Waals surface area contributed by atoms with Crippen LogP contribution in [0.25, 0.3) is 0 Å². The molecule has 0 aromatic heterocycles. The molecule has 3 rings (SSSR count). The molecule has 96 valence electrons. The standard InChI is InChI=1S/C15H13NO3/c16-7-11(14(17)9-5-6-9)15(18)12-8-19-13-4-2-1-3-10(12)13/h1-4,9,11-12H,5-6,8H2. The third-order valence-electron chi connectivity index (χ3n) is 3.72. The minimum Gasteiger partial charge on any atom is -0.492 e. The van der Waals surface area contributed by atoms with E-state index in [0.29, 0.717) is 5.75 Å². The lowest BCUT2D eigenvalue weighted by molar-refractivity contribution is -0.132.